The van der Waals surface area contributed by atoms with E-state index in [1.54, 1.807) is 11.3 Å². The monoisotopic (exact) mass is 747 g/mol. The molecule has 9 aromatic carbocycles. The van der Waals surface area contributed by atoms with Gasteiger partial charge in [0.2, 0.25) is 0 Å². The summed E-state index contributed by atoms with van der Waals surface area (Å²) in [4.78, 5) is 15.9. The number of rotatable bonds is 4. The molecule has 0 saturated carbocycles. The van der Waals surface area contributed by atoms with E-state index in [0.29, 0.717) is 17.5 Å². The Morgan fingerprint density at radius 3 is 1.57 bits per heavy atom. The Balaban J connectivity index is 1.14. The van der Waals surface area contributed by atoms with Crippen LogP contribution in [0.25, 0.3) is 118 Å². The molecule has 0 fully saturated rings. The molecule has 5 heteroatoms. The fourth-order valence-corrected chi connectivity index (χ4v) is 10.9. The SMILES string of the molecule is c1ccc(-c2nc(-c3cccc4c3sc3ccccc34)nc(-c3cc(-c4ccc5c6ccccc6c6ccccc6c5c4)cc4sc5ccccc5c34)n2)cc1. The van der Waals surface area contributed by atoms with Crippen LogP contribution >= 0.6 is 22.7 Å². The number of fused-ring (bicyclic) bond motifs is 12. The average molecular weight is 748 g/mol. The first-order valence-corrected chi connectivity index (χ1v) is 20.4. The highest BCUT2D eigenvalue weighted by atomic mass is 32.1. The molecule has 0 amide bonds. The predicted octanol–water partition coefficient (Wildman–Crippen LogP) is 14.7. The highest BCUT2D eigenvalue weighted by Gasteiger charge is 2.21. The Labute approximate surface area is 329 Å². The fraction of sp³-hybridized carbons (Fsp3) is 0. The summed E-state index contributed by atoms with van der Waals surface area (Å²) in [6.45, 7) is 0. The molecule has 0 aliphatic rings. The number of benzene rings is 9. The van der Waals surface area contributed by atoms with E-state index in [4.69, 9.17) is 15.0 Å². The summed E-state index contributed by atoms with van der Waals surface area (Å²) in [5.74, 6) is 2.00. The van der Waals surface area contributed by atoms with Crippen molar-refractivity contribution in [3.8, 4) is 45.3 Å². The zero-order chi connectivity index (χ0) is 36.7. The van der Waals surface area contributed by atoms with Crippen LogP contribution in [0.5, 0.6) is 0 Å². The minimum atomic E-state index is 0.658. The number of aromatic nitrogens is 3. The van der Waals surface area contributed by atoms with Crippen molar-refractivity contribution in [2.24, 2.45) is 0 Å². The lowest BCUT2D eigenvalue weighted by molar-refractivity contribution is 1.08. The third-order valence-corrected chi connectivity index (χ3v) is 13.4. The molecule has 0 bridgehead atoms. The van der Waals surface area contributed by atoms with Gasteiger partial charge in [0.05, 0.1) is 0 Å². The van der Waals surface area contributed by atoms with E-state index in [9.17, 15) is 0 Å². The Hall–Kier alpha value is -6.79. The molecule has 260 valence electrons. The molecule has 3 aromatic heterocycles. The van der Waals surface area contributed by atoms with Gasteiger partial charge in [-0.25, -0.2) is 15.0 Å². The van der Waals surface area contributed by atoms with Crippen molar-refractivity contribution >= 4 is 95.3 Å². The molecule has 3 heterocycles. The van der Waals surface area contributed by atoms with E-state index in [2.05, 4.69) is 158 Å². The van der Waals surface area contributed by atoms with Crippen LogP contribution < -0.4 is 0 Å². The molecule has 12 aromatic rings. The van der Waals surface area contributed by atoms with E-state index in [1.165, 1.54) is 72.7 Å². The molecule has 0 spiro atoms. The average Bonchev–Trinajstić information content (AvgIpc) is 3.85. The normalized spacial score (nSPS) is 11.9. The minimum absolute atomic E-state index is 0.658. The quantitative estimate of drug-likeness (QED) is 0.168. The van der Waals surface area contributed by atoms with E-state index >= 15 is 0 Å². The molecule has 0 atom stereocenters. The zero-order valence-electron chi connectivity index (χ0n) is 29.9. The van der Waals surface area contributed by atoms with Gasteiger partial charge in [0.1, 0.15) is 0 Å². The van der Waals surface area contributed by atoms with Gasteiger partial charge >= 0.3 is 0 Å². The summed E-state index contributed by atoms with van der Waals surface area (Å²) in [5, 5.41) is 12.4. The standard InChI is InChI=1S/C51H29N3S2/c1-2-13-30(14-3-1)49-52-50(41-22-12-21-39-38-19-8-10-23-44(38)56-48(39)41)54-51(53-49)43-28-32(29-46-47(43)40-20-9-11-24-45(40)55-46)31-25-26-37-35-17-5-4-15-33(35)34-16-6-7-18-36(34)42(37)27-31/h1-29H. The Morgan fingerprint density at radius 1 is 0.286 bits per heavy atom. The van der Waals surface area contributed by atoms with Crippen molar-refractivity contribution < 1.29 is 0 Å². The fourth-order valence-electron chi connectivity index (χ4n) is 8.54. The summed E-state index contributed by atoms with van der Waals surface area (Å²) >= 11 is 3.62. The van der Waals surface area contributed by atoms with Crippen LogP contribution in [-0.2, 0) is 0 Å². The molecule has 56 heavy (non-hydrogen) atoms. The Bertz CT molecular complexity index is 3510. The Morgan fingerprint density at radius 2 is 0.839 bits per heavy atom. The second kappa shape index (κ2) is 12.4. The first-order valence-electron chi connectivity index (χ1n) is 18.8. The van der Waals surface area contributed by atoms with Crippen molar-refractivity contribution in [2.75, 3.05) is 0 Å². The topological polar surface area (TPSA) is 38.7 Å². The van der Waals surface area contributed by atoms with Crippen LogP contribution in [0.15, 0.2) is 176 Å². The number of nitrogens with zero attached hydrogens (tertiary/aromatic N) is 3. The van der Waals surface area contributed by atoms with Crippen molar-refractivity contribution in [3.05, 3.63) is 176 Å². The van der Waals surface area contributed by atoms with Crippen LogP contribution in [0.3, 0.4) is 0 Å². The lowest BCUT2D eigenvalue weighted by Crippen LogP contribution is -2.00. The van der Waals surface area contributed by atoms with Gasteiger partial charge in [-0.2, -0.15) is 0 Å². The predicted molar refractivity (Wildman–Crippen MR) is 240 cm³/mol. The Kier molecular flexibility index (Phi) is 6.97. The van der Waals surface area contributed by atoms with Gasteiger partial charge < -0.3 is 0 Å². The van der Waals surface area contributed by atoms with Gasteiger partial charge in [0.25, 0.3) is 0 Å². The van der Waals surface area contributed by atoms with E-state index in [0.717, 1.165) is 27.8 Å². The highest BCUT2D eigenvalue weighted by molar-refractivity contribution is 7.26. The smallest absolute Gasteiger partial charge is 0.165 e. The van der Waals surface area contributed by atoms with Crippen molar-refractivity contribution in [3.63, 3.8) is 0 Å². The third-order valence-electron chi connectivity index (χ3n) is 11.1. The largest absolute Gasteiger partial charge is 0.208 e. The lowest BCUT2D eigenvalue weighted by Gasteiger charge is -2.14. The number of thiophene rings is 2. The van der Waals surface area contributed by atoms with Gasteiger partial charge in [0, 0.05) is 57.0 Å². The maximum atomic E-state index is 5.41. The summed E-state index contributed by atoms with van der Waals surface area (Å²) in [7, 11) is 0. The molecule has 0 saturated heterocycles. The molecule has 0 unspecified atom stereocenters. The first-order chi connectivity index (χ1) is 27.7. The van der Waals surface area contributed by atoms with E-state index in [1.807, 2.05) is 29.5 Å². The second-order valence-electron chi connectivity index (χ2n) is 14.3. The summed E-state index contributed by atoms with van der Waals surface area (Å²) < 4.78 is 4.88. The molecular weight excluding hydrogens is 719 g/mol. The third kappa shape index (κ3) is 4.85. The van der Waals surface area contributed by atoms with Crippen LogP contribution in [0, 0.1) is 0 Å². The molecular formula is C51H29N3S2. The van der Waals surface area contributed by atoms with Crippen LogP contribution in [-0.4, -0.2) is 15.0 Å². The maximum absolute atomic E-state index is 5.41. The molecule has 12 rings (SSSR count). The summed E-state index contributed by atoms with van der Waals surface area (Å²) in [5.41, 5.74) is 5.26. The van der Waals surface area contributed by atoms with Gasteiger partial charge in [-0.05, 0) is 79.8 Å². The molecule has 3 nitrogen and oxygen atoms in total. The van der Waals surface area contributed by atoms with Gasteiger partial charge in [-0.1, -0.05) is 140 Å². The van der Waals surface area contributed by atoms with Gasteiger partial charge in [0.15, 0.2) is 17.5 Å². The second-order valence-corrected chi connectivity index (χ2v) is 16.4. The van der Waals surface area contributed by atoms with Gasteiger partial charge in [-0.15, -0.1) is 22.7 Å². The molecule has 0 N–H and O–H groups in total. The molecule has 0 aliphatic heterocycles. The van der Waals surface area contributed by atoms with E-state index < -0.39 is 0 Å². The minimum Gasteiger partial charge on any atom is -0.208 e. The van der Waals surface area contributed by atoms with Crippen molar-refractivity contribution in [2.45, 2.75) is 0 Å². The van der Waals surface area contributed by atoms with Crippen molar-refractivity contribution in [1.82, 2.24) is 15.0 Å². The van der Waals surface area contributed by atoms with Crippen molar-refractivity contribution in [1.29, 1.82) is 0 Å². The maximum Gasteiger partial charge on any atom is 0.165 e. The van der Waals surface area contributed by atoms with Gasteiger partial charge in [-0.3, -0.25) is 0 Å². The van der Waals surface area contributed by atoms with E-state index in [-0.39, 0.29) is 0 Å². The highest BCUT2D eigenvalue weighted by Crippen LogP contribution is 2.45. The molecule has 0 radical (unpaired) electrons. The summed E-state index contributed by atoms with van der Waals surface area (Å²) in [6, 6.07) is 63.2. The van der Waals surface area contributed by atoms with Crippen LogP contribution in [0.1, 0.15) is 0 Å². The molecule has 0 aliphatic carbocycles. The van der Waals surface area contributed by atoms with Crippen LogP contribution in [0.2, 0.25) is 0 Å². The number of hydrogen-bond donors (Lipinski definition) is 0. The summed E-state index contributed by atoms with van der Waals surface area (Å²) in [6.07, 6.45) is 0. The van der Waals surface area contributed by atoms with Crippen LogP contribution in [0.4, 0.5) is 0 Å². The number of hydrogen-bond acceptors (Lipinski definition) is 5. The zero-order valence-corrected chi connectivity index (χ0v) is 31.5. The first kappa shape index (κ1) is 31.5. The lowest BCUT2D eigenvalue weighted by atomic mass is 9.91.